The minimum atomic E-state index is -0.0713. The standard InChI is InChI=1S/C18H28N2O3/c1-12(2)11-23-16-8-7-14(10-17(16)22-4)13(3)20-18(21)15-6-5-9-19-15/h7-8,10,12-13,15,19H,5-6,9,11H2,1-4H3,(H,20,21). The molecule has 1 aliphatic rings. The minimum Gasteiger partial charge on any atom is -0.493 e. The van der Waals surface area contributed by atoms with E-state index in [4.69, 9.17) is 9.47 Å². The van der Waals surface area contributed by atoms with Gasteiger partial charge in [-0.25, -0.2) is 0 Å². The van der Waals surface area contributed by atoms with Crippen molar-refractivity contribution in [3.8, 4) is 11.5 Å². The Morgan fingerprint density at radius 2 is 2.13 bits per heavy atom. The molecule has 5 nitrogen and oxygen atoms in total. The number of rotatable bonds is 7. The third-order valence-electron chi connectivity index (χ3n) is 4.00. The molecule has 23 heavy (non-hydrogen) atoms. The highest BCUT2D eigenvalue weighted by Crippen LogP contribution is 2.30. The smallest absolute Gasteiger partial charge is 0.237 e. The van der Waals surface area contributed by atoms with Crippen LogP contribution in [0.2, 0.25) is 0 Å². The van der Waals surface area contributed by atoms with E-state index in [-0.39, 0.29) is 18.0 Å². The number of carbonyl (C=O) groups is 1. The van der Waals surface area contributed by atoms with Gasteiger partial charge in [0.25, 0.3) is 0 Å². The van der Waals surface area contributed by atoms with Crippen molar-refractivity contribution in [2.24, 2.45) is 5.92 Å². The van der Waals surface area contributed by atoms with Crippen LogP contribution in [0.4, 0.5) is 0 Å². The van der Waals surface area contributed by atoms with Crippen molar-refractivity contribution in [1.82, 2.24) is 10.6 Å². The van der Waals surface area contributed by atoms with Gasteiger partial charge in [-0.05, 0) is 49.9 Å². The summed E-state index contributed by atoms with van der Waals surface area (Å²) in [6, 6.07) is 5.69. The molecular formula is C18H28N2O3. The average Bonchev–Trinajstić information content (AvgIpc) is 3.07. The van der Waals surface area contributed by atoms with Gasteiger partial charge in [-0.1, -0.05) is 19.9 Å². The molecule has 1 amide bonds. The lowest BCUT2D eigenvalue weighted by Crippen LogP contribution is -2.41. The SMILES string of the molecule is COc1cc(C(C)NC(=O)C2CCCN2)ccc1OCC(C)C. The van der Waals surface area contributed by atoms with Crippen LogP contribution in [0, 0.1) is 5.92 Å². The largest absolute Gasteiger partial charge is 0.493 e. The van der Waals surface area contributed by atoms with Crippen LogP contribution in [-0.4, -0.2) is 32.2 Å². The number of nitrogens with one attached hydrogen (secondary N) is 2. The van der Waals surface area contributed by atoms with Crippen LogP contribution in [0.15, 0.2) is 18.2 Å². The first-order valence-electron chi connectivity index (χ1n) is 8.35. The van der Waals surface area contributed by atoms with Gasteiger partial charge in [-0.3, -0.25) is 4.79 Å². The Hall–Kier alpha value is -1.75. The molecule has 2 N–H and O–H groups in total. The van der Waals surface area contributed by atoms with Gasteiger partial charge in [0.2, 0.25) is 5.91 Å². The maximum atomic E-state index is 12.2. The molecule has 2 atom stereocenters. The molecule has 0 radical (unpaired) electrons. The van der Waals surface area contributed by atoms with Gasteiger partial charge < -0.3 is 20.1 Å². The summed E-state index contributed by atoms with van der Waals surface area (Å²) < 4.78 is 11.2. The van der Waals surface area contributed by atoms with Gasteiger partial charge in [0, 0.05) is 0 Å². The van der Waals surface area contributed by atoms with Crippen molar-refractivity contribution in [2.75, 3.05) is 20.3 Å². The van der Waals surface area contributed by atoms with E-state index in [1.807, 2.05) is 25.1 Å². The summed E-state index contributed by atoms with van der Waals surface area (Å²) in [6.07, 6.45) is 1.96. The first kappa shape index (κ1) is 17.6. The van der Waals surface area contributed by atoms with E-state index in [0.29, 0.717) is 18.3 Å². The molecular weight excluding hydrogens is 292 g/mol. The molecule has 1 heterocycles. The summed E-state index contributed by atoms with van der Waals surface area (Å²) in [5.41, 5.74) is 1.00. The Bertz CT molecular complexity index is 525. The molecule has 0 bridgehead atoms. The summed E-state index contributed by atoms with van der Waals surface area (Å²) in [7, 11) is 1.63. The quantitative estimate of drug-likeness (QED) is 0.811. The molecule has 0 spiro atoms. The van der Waals surface area contributed by atoms with Crippen LogP contribution >= 0.6 is 0 Å². The summed E-state index contributed by atoms with van der Waals surface area (Å²) in [5.74, 6) is 1.95. The van der Waals surface area contributed by atoms with E-state index in [9.17, 15) is 4.79 Å². The predicted molar refractivity (Wildman–Crippen MR) is 90.9 cm³/mol. The number of amides is 1. The second-order valence-electron chi connectivity index (χ2n) is 6.49. The molecule has 1 fully saturated rings. The molecule has 128 valence electrons. The maximum Gasteiger partial charge on any atom is 0.237 e. The molecule has 2 rings (SSSR count). The zero-order valence-corrected chi connectivity index (χ0v) is 14.5. The number of methoxy groups -OCH3 is 1. The van der Waals surface area contributed by atoms with Crippen LogP contribution in [-0.2, 0) is 4.79 Å². The van der Waals surface area contributed by atoms with Gasteiger partial charge in [0.1, 0.15) is 0 Å². The molecule has 2 unspecified atom stereocenters. The van der Waals surface area contributed by atoms with Crippen LogP contribution in [0.3, 0.4) is 0 Å². The normalized spacial score (nSPS) is 18.7. The Morgan fingerprint density at radius 3 is 2.74 bits per heavy atom. The summed E-state index contributed by atoms with van der Waals surface area (Å²) in [6.45, 7) is 7.76. The Kier molecular flexibility index (Phi) is 6.28. The maximum absolute atomic E-state index is 12.2. The summed E-state index contributed by atoms with van der Waals surface area (Å²) in [4.78, 5) is 12.2. The zero-order valence-electron chi connectivity index (χ0n) is 14.5. The molecule has 5 heteroatoms. The third kappa shape index (κ3) is 4.86. The lowest BCUT2D eigenvalue weighted by molar-refractivity contribution is -0.123. The van der Waals surface area contributed by atoms with Crippen LogP contribution < -0.4 is 20.1 Å². The molecule has 0 aromatic heterocycles. The highest BCUT2D eigenvalue weighted by atomic mass is 16.5. The van der Waals surface area contributed by atoms with Crippen molar-refractivity contribution in [2.45, 2.75) is 45.7 Å². The molecule has 0 aliphatic carbocycles. The Morgan fingerprint density at radius 1 is 1.35 bits per heavy atom. The number of benzene rings is 1. The van der Waals surface area contributed by atoms with Gasteiger partial charge in [0.05, 0.1) is 25.8 Å². The molecule has 1 aliphatic heterocycles. The molecule has 0 saturated carbocycles. The zero-order chi connectivity index (χ0) is 16.8. The third-order valence-corrected chi connectivity index (χ3v) is 4.00. The first-order valence-corrected chi connectivity index (χ1v) is 8.35. The predicted octanol–water partition coefficient (Wildman–Crippen LogP) is 2.66. The summed E-state index contributed by atoms with van der Waals surface area (Å²) in [5, 5.41) is 6.28. The minimum absolute atomic E-state index is 0.0620. The van der Waals surface area contributed by atoms with E-state index in [1.165, 1.54) is 0 Å². The monoisotopic (exact) mass is 320 g/mol. The average molecular weight is 320 g/mol. The number of ether oxygens (including phenoxy) is 2. The number of hydrogen-bond donors (Lipinski definition) is 2. The molecule has 1 aromatic rings. The van der Waals surface area contributed by atoms with E-state index in [1.54, 1.807) is 7.11 Å². The Labute approximate surface area is 138 Å². The lowest BCUT2D eigenvalue weighted by Gasteiger charge is -2.19. The van der Waals surface area contributed by atoms with E-state index < -0.39 is 0 Å². The van der Waals surface area contributed by atoms with Crippen molar-refractivity contribution in [1.29, 1.82) is 0 Å². The second-order valence-corrected chi connectivity index (χ2v) is 6.49. The fourth-order valence-electron chi connectivity index (χ4n) is 2.63. The second kappa shape index (κ2) is 8.20. The molecule has 1 aromatic carbocycles. The number of carbonyl (C=O) groups excluding carboxylic acids is 1. The highest BCUT2D eigenvalue weighted by molar-refractivity contribution is 5.82. The lowest BCUT2D eigenvalue weighted by atomic mass is 10.1. The summed E-state index contributed by atoms with van der Waals surface area (Å²) >= 11 is 0. The fraction of sp³-hybridized carbons (Fsp3) is 0.611. The Balaban J connectivity index is 2.02. The van der Waals surface area contributed by atoms with Gasteiger partial charge >= 0.3 is 0 Å². The van der Waals surface area contributed by atoms with Crippen LogP contribution in [0.1, 0.15) is 45.2 Å². The first-order chi connectivity index (χ1) is 11.0. The van der Waals surface area contributed by atoms with Crippen molar-refractivity contribution >= 4 is 5.91 Å². The highest BCUT2D eigenvalue weighted by Gasteiger charge is 2.23. The topological polar surface area (TPSA) is 59.6 Å². The van der Waals surface area contributed by atoms with Gasteiger partial charge in [-0.2, -0.15) is 0 Å². The van der Waals surface area contributed by atoms with E-state index >= 15 is 0 Å². The van der Waals surface area contributed by atoms with E-state index in [2.05, 4.69) is 24.5 Å². The van der Waals surface area contributed by atoms with E-state index in [0.717, 1.165) is 30.7 Å². The van der Waals surface area contributed by atoms with Gasteiger partial charge in [-0.15, -0.1) is 0 Å². The van der Waals surface area contributed by atoms with Crippen molar-refractivity contribution < 1.29 is 14.3 Å². The van der Waals surface area contributed by atoms with Crippen molar-refractivity contribution in [3.05, 3.63) is 23.8 Å². The number of hydrogen-bond acceptors (Lipinski definition) is 4. The van der Waals surface area contributed by atoms with Crippen molar-refractivity contribution in [3.63, 3.8) is 0 Å². The van der Waals surface area contributed by atoms with Crippen LogP contribution in [0.5, 0.6) is 11.5 Å². The molecule has 1 saturated heterocycles. The van der Waals surface area contributed by atoms with Gasteiger partial charge in [0.15, 0.2) is 11.5 Å². The fourth-order valence-corrected chi connectivity index (χ4v) is 2.63. The van der Waals surface area contributed by atoms with Crippen LogP contribution in [0.25, 0.3) is 0 Å².